The van der Waals surface area contributed by atoms with E-state index in [2.05, 4.69) is 51.2 Å². The van der Waals surface area contributed by atoms with Gasteiger partial charge in [-0.2, -0.15) is 0 Å². The van der Waals surface area contributed by atoms with Crippen molar-refractivity contribution in [3.8, 4) is 5.75 Å². The van der Waals surface area contributed by atoms with Crippen molar-refractivity contribution < 1.29 is 9.47 Å². The highest BCUT2D eigenvalue weighted by molar-refractivity contribution is 9.10. The van der Waals surface area contributed by atoms with Gasteiger partial charge in [0.05, 0.1) is 10.6 Å². The molecular weight excluding hydrogens is 366 g/mol. The lowest BCUT2D eigenvalue weighted by Crippen LogP contribution is -2.36. The van der Waals surface area contributed by atoms with Crippen molar-refractivity contribution in [2.45, 2.75) is 32.1 Å². The Morgan fingerprint density at radius 3 is 2.50 bits per heavy atom. The first-order valence-electron chi connectivity index (χ1n) is 8.45. The van der Waals surface area contributed by atoms with Crippen LogP contribution in [0.1, 0.15) is 24.0 Å². The molecule has 1 fully saturated rings. The van der Waals surface area contributed by atoms with Crippen LogP contribution >= 0.6 is 15.9 Å². The fourth-order valence-corrected chi connectivity index (χ4v) is 3.41. The van der Waals surface area contributed by atoms with Crippen molar-refractivity contribution in [3.05, 3.63) is 64.1 Å². The van der Waals surface area contributed by atoms with Gasteiger partial charge in [-0.3, -0.25) is 4.90 Å². The maximum Gasteiger partial charge on any atom is 0.134 e. The van der Waals surface area contributed by atoms with Gasteiger partial charge in [0, 0.05) is 26.7 Å². The number of hydrogen-bond donors (Lipinski definition) is 0. The fourth-order valence-electron chi connectivity index (χ4n) is 3.05. The standard InChI is InChI=1S/C20H24BrNO2/c1-23-18-9-11-22(12-10-18)14-17-7-8-19(21)20(13-17)24-15-16-5-3-2-4-6-16/h2-8,13,18H,9-12,14-15H2,1H3. The molecule has 0 amide bonds. The zero-order valence-corrected chi connectivity index (χ0v) is 15.7. The Morgan fingerprint density at radius 1 is 1.04 bits per heavy atom. The van der Waals surface area contributed by atoms with Crippen LogP contribution in [-0.4, -0.2) is 31.2 Å². The van der Waals surface area contributed by atoms with E-state index in [1.807, 2.05) is 25.3 Å². The van der Waals surface area contributed by atoms with Crippen LogP contribution < -0.4 is 4.74 Å². The number of methoxy groups -OCH3 is 1. The highest BCUT2D eigenvalue weighted by atomic mass is 79.9. The summed E-state index contributed by atoms with van der Waals surface area (Å²) >= 11 is 3.59. The second-order valence-electron chi connectivity index (χ2n) is 6.25. The Bertz CT molecular complexity index is 639. The Labute approximate surface area is 152 Å². The fraction of sp³-hybridized carbons (Fsp3) is 0.400. The molecule has 0 bridgehead atoms. The van der Waals surface area contributed by atoms with Crippen molar-refractivity contribution >= 4 is 15.9 Å². The highest BCUT2D eigenvalue weighted by Gasteiger charge is 2.18. The average molecular weight is 390 g/mol. The van der Waals surface area contributed by atoms with Gasteiger partial charge >= 0.3 is 0 Å². The minimum Gasteiger partial charge on any atom is -0.488 e. The molecule has 3 nitrogen and oxygen atoms in total. The average Bonchev–Trinajstić information content (AvgIpc) is 2.63. The SMILES string of the molecule is COC1CCN(Cc2ccc(Br)c(OCc3ccccc3)c2)CC1. The van der Waals surface area contributed by atoms with Gasteiger partial charge in [0.1, 0.15) is 12.4 Å². The molecule has 0 aliphatic carbocycles. The molecule has 4 heteroatoms. The van der Waals surface area contributed by atoms with Crippen molar-refractivity contribution in [2.75, 3.05) is 20.2 Å². The molecule has 1 saturated heterocycles. The van der Waals surface area contributed by atoms with Crippen molar-refractivity contribution in [1.82, 2.24) is 4.90 Å². The van der Waals surface area contributed by atoms with E-state index in [0.717, 1.165) is 42.7 Å². The lowest BCUT2D eigenvalue weighted by atomic mass is 10.1. The molecule has 0 spiro atoms. The predicted molar refractivity (Wildman–Crippen MR) is 100 cm³/mol. The van der Waals surface area contributed by atoms with Gasteiger partial charge < -0.3 is 9.47 Å². The Morgan fingerprint density at radius 2 is 1.79 bits per heavy atom. The third-order valence-electron chi connectivity index (χ3n) is 4.51. The van der Waals surface area contributed by atoms with E-state index in [-0.39, 0.29) is 0 Å². The minimum absolute atomic E-state index is 0.427. The van der Waals surface area contributed by atoms with E-state index in [0.29, 0.717) is 12.7 Å². The Hall–Kier alpha value is -1.36. The molecule has 2 aromatic carbocycles. The van der Waals surface area contributed by atoms with Crippen molar-refractivity contribution in [1.29, 1.82) is 0 Å². The zero-order chi connectivity index (χ0) is 16.8. The Balaban J connectivity index is 1.59. The summed E-state index contributed by atoms with van der Waals surface area (Å²) in [5, 5.41) is 0. The van der Waals surface area contributed by atoms with Gasteiger partial charge in [-0.1, -0.05) is 36.4 Å². The van der Waals surface area contributed by atoms with Crippen molar-refractivity contribution in [3.63, 3.8) is 0 Å². The lowest BCUT2D eigenvalue weighted by molar-refractivity contribution is 0.0388. The van der Waals surface area contributed by atoms with E-state index in [1.165, 1.54) is 11.1 Å². The summed E-state index contributed by atoms with van der Waals surface area (Å²) in [6, 6.07) is 16.7. The maximum absolute atomic E-state index is 6.00. The summed E-state index contributed by atoms with van der Waals surface area (Å²) in [5.41, 5.74) is 2.47. The van der Waals surface area contributed by atoms with Crippen LogP contribution in [0.4, 0.5) is 0 Å². The van der Waals surface area contributed by atoms with Crippen molar-refractivity contribution in [2.24, 2.45) is 0 Å². The highest BCUT2D eigenvalue weighted by Crippen LogP contribution is 2.28. The summed E-state index contributed by atoms with van der Waals surface area (Å²) < 4.78 is 12.4. The van der Waals surface area contributed by atoms with Crippen LogP contribution in [0, 0.1) is 0 Å². The molecule has 2 aromatic rings. The van der Waals surface area contributed by atoms with E-state index >= 15 is 0 Å². The van der Waals surface area contributed by atoms with Crippen LogP contribution in [0.5, 0.6) is 5.75 Å². The smallest absolute Gasteiger partial charge is 0.134 e. The van der Waals surface area contributed by atoms with Crippen LogP contribution in [0.25, 0.3) is 0 Å². The molecule has 0 atom stereocenters. The minimum atomic E-state index is 0.427. The molecule has 128 valence electrons. The van der Waals surface area contributed by atoms with E-state index in [4.69, 9.17) is 9.47 Å². The number of piperidine rings is 1. The predicted octanol–water partition coefficient (Wildman–Crippen LogP) is 4.64. The number of nitrogens with zero attached hydrogens (tertiary/aromatic N) is 1. The van der Waals surface area contributed by atoms with Gasteiger partial charge in [0.15, 0.2) is 0 Å². The molecule has 3 rings (SSSR count). The van der Waals surface area contributed by atoms with Gasteiger partial charge in [-0.25, -0.2) is 0 Å². The number of halogens is 1. The summed E-state index contributed by atoms with van der Waals surface area (Å²) in [4.78, 5) is 2.49. The summed E-state index contributed by atoms with van der Waals surface area (Å²) in [6.45, 7) is 3.73. The van der Waals surface area contributed by atoms with Gasteiger partial charge in [-0.05, 0) is 52.0 Å². The molecule has 1 aliphatic heterocycles. The number of hydrogen-bond acceptors (Lipinski definition) is 3. The molecule has 0 unspecified atom stereocenters. The topological polar surface area (TPSA) is 21.7 Å². The number of ether oxygens (including phenoxy) is 2. The zero-order valence-electron chi connectivity index (χ0n) is 14.1. The van der Waals surface area contributed by atoms with Gasteiger partial charge in [0.2, 0.25) is 0 Å². The number of benzene rings is 2. The van der Waals surface area contributed by atoms with E-state index in [1.54, 1.807) is 0 Å². The van der Waals surface area contributed by atoms with Gasteiger partial charge in [-0.15, -0.1) is 0 Å². The first kappa shape index (κ1) is 17.5. The maximum atomic E-state index is 6.00. The molecule has 0 aromatic heterocycles. The molecule has 1 heterocycles. The third kappa shape index (κ3) is 4.82. The summed E-state index contributed by atoms with van der Waals surface area (Å²) in [7, 11) is 1.81. The number of likely N-dealkylation sites (tertiary alicyclic amines) is 1. The third-order valence-corrected chi connectivity index (χ3v) is 5.16. The largest absolute Gasteiger partial charge is 0.488 e. The second-order valence-corrected chi connectivity index (χ2v) is 7.10. The molecule has 24 heavy (non-hydrogen) atoms. The molecule has 1 aliphatic rings. The van der Waals surface area contributed by atoms with Crippen LogP contribution in [0.2, 0.25) is 0 Å². The van der Waals surface area contributed by atoms with Gasteiger partial charge in [0.25, 0.3) is 0 Å². The van der Waals surface area contributed by atoms with Crippen LogP contribution in [0.15, 0.2) is 53.0 Å². The molecule has 0 saturated carbocycles. The summed E-state index contributed by atoms with van der Waals surface area (Å²) in [6.07, 6.45) is 2.66. The monoisotopic (exact) mass is 389 g/mol. The second kappa shape index (κ2) is 8.65. The quantitative estimate of drug-likeness (QED) is 0.718. The number of rotatable bonds is 6. The van der Waals surface area contributed by atoms with E-state index < -0.39 is 0 Å². The molecule has 0 N–H and O–H groups in total. The summed E-state index contributed by atoms with van der Waals surface area (Å²) in [5.74, 6) is 0.906. The molecule has 0 radical (unpaired) electrons. The normalized spacial score (nSPS) is 16.2. The first-order chi connectivity index (χ1) is 11.7. The van der Waals surface area contributed by atoms with E-state index in [9.17, 15) is 0 Å². The first-order valence-corrected chi connectivity index (χ1v) is 9.24. The lowest BCUT2D eigenvalue weighted by Gasteiger charge is -2.31. The van der Waals surface area contributed by atoms with Crippen LogP contribution in [-0.2, 0) is 17.9 Å². The Kier molecular flexibility index (Phi) is 6.30. The van der Waals surface area contributed by atoms with Crippen LogP contribution in [0.3, 0.4) is 0 Å². The molecular formula is C20H24BrNO2.